The molecule has 0 saturated carbocycles. The van der Waals surface area contributed by atoms with E-state index in [2.05, 4.69) is 17.4 Å². The number of nitrogens with zero attached hydrogens (tertiary/aromatic N) is 3. The zero-order valence-electron chi connectivity index (χ0n) is 19.7. The Balaban J connectivity index is 1.49. The molecule has 3 heterocycles. The molecule has 5 rings (SSSR count). The van der Waals surface area contributed by atoms with Gasteiger partial charge in [0.2, 0.25) is 0 Å². The summed E-state index contributed by atoms with van der Waals surface area (Å²) in [4.78, 5) is 33.5. The van der Waals surface area contributed by atoms with Crippen molar-refractivity contribution in [1.82, 2.24) is 14.3 Å². The molecule has 180 valence electrons. The highest BCUT2D eigenvalue weighted by Gasteiger charge is 2.32. The molecule has 2 aromatic heterocycles. The van der Waals surface area contributed by atoms with E-state index in [0.29, 0.717) is 39.3 Å². The second-order valence-corrected chi connectivity index (χ2v) is 10.2. The normalized spacial score (nSPS) is 14.7. The van der Waals surface area contributed by atoms with Gasteiger partial charge in [-0.1, -0.05) is 90.7 Å². The summed E-state index contributed by atoms with van der Waals surface area (Å²) in [5, 5.41) is 3.32. The summed E-state index contributed by atoms with van der Waals surface area (Å²) in [6, 6.07) is 23.6. The molecule has 4 aromatic rings. The molecule has 0 bridgehead atoms. The number of thioether (sulfide) groups is 1. The van der Waals surface area contributed by atoms with Crippen molar-refractivity contribution in [3.8, 4) is 0 Å². The van der Waals surface area contributed by atoms with E-state index in [-0.39, 0.29) is 11.5 Å². The van der Waals surface area contributed by atoms with Gasteiger partial charge in [0.05, 0.1) is 17.0 Å². The monoisotopic (exact) mass is 512 g/mol. The standard InChI is InChI=1S/C28H24N4O2S2/c1-19-12-13-24-30-25(29-15-14-20-8-4-2-5-9-20)22(26(33)31(24)17-19)16-23-27(34)32(28(35)36-23)18-21-10-6-3-7-11-21/h2-13,16-17,29H,14-15,18H2,1H3/b23-16+. The molecule has 0 aliphatic carbocycles. The van der Waals surface area contributed by atoms with Crippen molar-refractivity contribution in [1.29, 1.82) is 0 Å². The second kappa shape index (κ2) is 10.5. The number of amides is 1. The Bertz CT molecular complexity index is 1530. The Morgan fingerprint density at radius 2 is 1.67 bits per heavy atom. The van der Waals surface area contributed by atoms with Gasteiger partial charge in [-0.25, -0.2) is 4.98 Å². The SMILES string of the molecule is Cc1ccc2nc(NCCc3ccccc3)c(/C=C3/SC(=S)N(Cc4ccccc4)C3=O)c(=O)n2c1. The van der Waals surface area contributed by atoms with Crippen LogP contribution in [0.3, 0.4) is 0 Å². The number of hydrogen-bond acceptors (Lipinski definition) is 6. The van der Waals surface area contributed by atoms with Crippen LogP contribution in [0.4, 0.5) is 5.82 Å². The van der Waals surface area contributed by atoms with Crippen molar-refractivity contribution in [2.24, 2.45) is 0 Å². The van der Waals surface area contributed by atoms with Crippen molar-refractivity contribution in [3.05, 3.63) is 117 Å². The maximum Gasteiger partial charge on any atom is 0.267 e. The van der Waals surface area contributed by atoms with Crippen molar-refractivity contribution >= 4 is 51.7 Å². The zero-order chi connectivity index (χ0) is 25.1. The molecule has 1 fully saturated rings. The molecule has 1 N–H and O–H groups in total. The van der Waals surface area contributed by atoms with Crippen LogP contribution in [0.5, 0.6) is 0 Å². The summed E-state index contributed by atoms with van der Waals surface area (Å²) in [6.07, 6.45) is 4.16. The van der Waals surface area contributed by atoms with Gasteiger partial charge in [0.1, 0.15) is 15.8 Å². The summed E-state index contributed by atoms with van der Waals surface area (Å²) in [6.45, 7) is 2.90. The van der Waals surface area contributed by atoms with E-state index < -0.39 is 0 Å². The average Bonchev–Trinajstić information content (AvgIpc) is 3.15. The molecule has 1 aliphatic rings. The highest BCUT2D eigenvalue weighted by molar-refractivity contribution is 8.26. The fourth-order valence-corrected chi connectivity index (χ4v) is 5.26. The molecule has 6 nitrogen and oxygen atoms in total. The van der Waals surface area contributed by atoms with Gasteiger partial charge in [0, 0.05) is 12.7 Å². The number of anilines is 1. The Kier molecular flexibility index (Phi) is 6.97. The first-order valence-electron chi connectivity index (χ1n) is 11.6. The van der Waals surface area contributed by atoms with E-state index in [9.17, 15) is 9.59 Å². The predicted molar refractivity (Wildman–Crippen MR) is 150 cm³/mol. The van der Waals surface area contributed by atoms with Crippen molar-refractivity contribution < 1.29 is 4.79 Å². The maximum absolute atomic E-state index is 13.6. The van der Waals surface area contributed by atoms with Gasteiger partial charge in [0.25, 0.3) is 11.5 Å². The van der Waals surface area contributed by atoms with Crippen LogP contribution in [0.25, 0.3) is 11.7 Å². The van der Waals surface area contributed by atoms with Crippen LogP contribution in [0.1, 0.15) is 22.3 Å². The molecule has 1 aliphatic heterocycles. The number of thiocarbonyl (C=S) groups is 1. The van der Waals surface area contributed by atoms with Gasteiger partial charge < -0.3 is 5.32 Å². The lowest BCUT2D eigenvalue weighted by Gasteiger charge is -2.14. The zero-order valence-corrected chi connectivity index (χ0v) is 21.3. The van der Waals surface area contributed by atoms with Crippen LogP contribution >= 0.6 is 24.0 Å². The minimum Gasteiger partial charge on any atom is -0.369 e. The lowest BCUT2D eigenvalue weighted by Crippen LogP contribution is -2.27. The molecular formula is C28H24N4O2S2. The average molecular weight is 513 g/mol. The number of carbonyl (C=O) groups excluding carboxylic acids is 1. The summed E-state index contributed by atoms with van der Waals surface area (Å²) in [5.74, 6) is 0.242. The van der Waals surface area contributed by atoms with E-state index in [1.54, 1.807) is 17.2 Å². The van der Waals surface area contributed by atoms with Gasteiger partial charge in [-0.2, -0.15) is 0 Å². The summed E-state index contributed by atoms with van der Waals surface area (Å²) in [7, 11) is 0. The lowest BCUT2D eigenvalue weighted by molar-refractivity contribution is -0.122. The van der Waals surface area contributed by atoms with Crippen LogP contribution in [-0.4, -0.2) is 31.1 Å². The van der Waals surface area contributed by atoms with Crippen LogP contribution in [0.15, 0.2) is 88.7 Å². The number of hydrogen-bond donors (Lipinski definition) is 1. The Morgan fingerprint density at radius 1 is 0.972 bits per heavy atom. The quantitative estimate of drug-likeness (QED) is 0.276. The minimum absolute atomic E-state index is 0.210. The number of nitrogens with one attached hydrogen (secondary N) is 1. The molecule has 36 heavy (non-hydrogen) atoms. The van der Waals surface area contributed by atoms with Crippen molar-refractivity contribution in [2.45, 2.75) is 19.9 Å². The second-order valence-electron chi connectivity index (χ2n) is 8.53. The highest BCUT2D eigenvalue weighted by Crippen LogP contribution is 2.34. The molecule has 0 spiro atoms. The predicted octanol–water partition coefficient (Wildman–Crippen LogP) is 5.06. The maximum atomic E-state index is 13.6. The van der Waals surface area contributed by atoms with E-state index in [1.807, 2.05) is 67.6 Å². The van der Waals surface area contributed by atoms with Crippen molar-refractivity contribution in [3.63, 3.8) is 0 Å². The van der Waals surface area contributed by atoms with Crippen LogP contribution in [-0.2, 0) is 17.8 Å². The van der Waals surface area contributed by atoms with E-state index in [1.165, 1.54) is 21.7 Å². The van der Waals surface area contributed by atoms with E-state index >= 15 is 0 Å². The topological polar surface area (TPSA) is 66.7 Å². The number of aryl methyl sites for hydroxylation is 1. The summed E-state index contributed by atoms with van der Waals surface area (Å²) in [5.41, 5.74) is 3.76. The molecule has 0 unspecified atom stereocenters. The van der Waals surface area contributed by atoms with Crippen LogP contribution in [0, 0.1) is 6.92 Å². The molecule has 1 saturated heterocycles. The summed E-state index contributed by atoms with van der Waals surface area (Å²) >= 11 is 6.71. The number of carbonyl (C=O) groups is 1. The molecule has 2 aromatic carbocycles. The smallest absolute Gasteiger partial charge is 0.267 e. The Labute approximate surface area is 218 Å². The number of aromatic nitrogens is 2. The largest absolute Gasteiger partial charge is 0.369 e. The third kappa shape index (κ3) is 5.10. The first-order chi connectivity index (χ1) is 17.5. The summed E-state index contributed by atoms with van der Waals surface area (Å²) < 4.78 is 1.99. The number of rotatable bonds is 7. The number of benzene rings is 2. The Hall–Kier alpha value is -3.75. The van der Waals surface area contributed by atoms with Crippen LogP contribution < -0.4 is 10.9 Å². The highest BCUT2D eigenvalue weighted by atomic mass is 32.2. The third-order valence-corrected chi connectivity index (χ3v) is 7.26. The minimum atomic E-state index is -0.237. The first-order valence-corrected chi connectivity index (χ1v) is 12.8. The van der Waals surface area contributed by atoms with Crippen molar-refractivity contribution in [2.75, 3.05) is 11.9 Å². The molecule has 8 heteroatoms. The van der Waals surface area contributed by atoms with Gasteiger partial charge in [0.15, 0.2) is 0 Å². The molecule has 0 atom stereocenters. The number of pyridine rings is 1. The number of fused-ring (bicyclic) bond motifs is 1. The van der Waals surface area contributed by atoms with Gasteiger partial charge in [-0.3, -0.25) is 18.9 Å². The lowest BCUT2D eigenvalue weighted by atomic mass is 10.1. The fourth-order valence-electron chi connectivity index (χ4n) is 4.03. The van der Waals surface area contributed by atoms with Crippen LogP contribution in [0.2, 0.25) is 0 Å². The van der Waals surface area contributed by atoms with E-state index in [0.717, 1.165) is 17.5 Å². The van der Waals surface area contributed by atoms with E-state index in [4.69, 9.17) is 17.2 Å². The third-order valence-electron chi connectivity index (χ3n) is 5.89. The first kappa shape index (κ1) is 24.0. The molecule has 0 radical (unpaired) electrons. The molecular weight excluding hydrogens is 488 g/mol. The Morgan fingerprint density at radius 3 is 2.39 bits per heavy atom. The van der Waals surface area contributed by atoms with Gasteiger partial charge in [-0.15, -0.1) is 0 Å². The van der Waals surface area contributed by atoms with Gasteiger partial charge >= 0.3 is 0 Å². The van der Waals surface area contributed by atoms with Gasteiger partial charge in [-0.05, 0) is 42.2 Å². The fraction of sp³-hybridized carbons (Fsp3) is 0.143. The molecule has 1 amide bonds.